The van der Waals surface area contributed by atoms with Crippen molar-refractivity contribution in [2.45, 2.75) is 11.3 Å². The van der Waals surface area contributed by atoms with Crippen molar-refractivity contribution in [3.63, 3.8) is 0 Å². The maximum atomic E-state index is 12.4. The van der Waals surface area contributed by atoms with Gasteiger partial charge in [-0.15, -0.1) is 0 Å². The van der Waals surface area contributed by atoms with Gasteiger partial charge in [-0.3, -0.25) is 20.4 Å². The van der Waals surface area contributed by atoms with Crippen molar-refractivity contribution in [2.75, 3.05) is 13.6 Å². The Hall–Kier alpha value is -3.17. The Morgan fingerprint density at radius 3 is 2.36 bits per heavy atom. The van der Waals surface area contributed by atoms with Gasteiger partial charge in [0.1, 0.15) is 0 Å². The van der Waals surface area contributed by atoms with Crippen LogP contribution in [-0.4, -0.2) is 43.1 Å². The van der Waals surface area contributed by atoms with E-state index in [1.807, 2.05) is 24.3 Å². The van der Waals surface area contributed by atoms with Gasteiger partial charge >= 0.3 is 0 Å². The summed E-state index contributed by atoms with van der Waals surface area (Å²) in [5, 5.41) is 0.928. The first-order valence-electron chi connectivity index (χ1n) is 8.52. The van der Waals surface area contributed by atoms with Gasteiger partial charge in [-0.25, -0.2) is 8.42 Å². The summed E-state index contributed by atoms with van der Waals surface area (Å²) in [4.78, 5) is 27.3. The van der Waals surface area contributed by atoms with Crippen molar-refractivity contribution in [1.29, 1.82) is 0 Å². The number of nitrogens with one attached hydrogen (secondary N) is 3. The minimum absolute atomic E-state index is 0.0719. The predicted octanol–water partition coefficient (Wildman–Crippen LogP) is 1.18. The largest absolute Gasteiger partial charge is 0.361 e. The normalized spacial score (nSPS) is 11.5. The molecule has 2 aromatic carbocycles. The highest BCUT2D eigenvalue weighted by Crippen LogP contribution is 2.18. The molecule has 0 bridgehead atoms. The Morgan fingerprint density at radius 1 is 0.964 bits per heavy atom. The van der Waals surface area contributed by atoms with Crippen LogP contribution >= 0.6 is 0 Å². The van der Waals surface area contributed by atoms with Crippen LogP contribution in [0.5, 0.6) is 0 Å². The first kappa shape index (κ1) is 19.6. The number of likely N-dealkylation sites (N-methyl/N-ethyl adjacent to an activating group) is 1. The number of nitrogens with zero attached hydrogens (tertiary/aromatic N) is 1. The quantitative estimate of drug-likeness (QED) is 0.540. The van der Waals surface area contributed by atoms with Gasteiger partial charge in [-0.1, -0.05) is 36.4 Å². The molecule has 0 spiro atoms. The molecule has 146 valence electrons. The fraction of sp³-hybridized carbons (Fsp3) is 0.158. The zero-order valence-corrected chi connectivity index (χ0v) is 16.0. The van der Waals surface area contributed by atoms with Crippen LogP contribution < -0.4 is 10.9 Å². The molecule has 3 rings (SSSR count). The molecule has 1 aromatic heterocycles. The summed E-state index contributed by atoms with van der Waals surface area (Å²) < 4.78 is 25.7. The second kappa shape index (κ2) is 8.24. The lowest BCUT2D eigenvalue weighted by molar-refractivity contribution is -0.128. The molecule has 2 amide bonds. The number of rotatable bonds is 6. The summed E-state index contributed by atoms with van der Waals surface area (Å²) in [5.74, 6) is -1.05. The van der Waals surface area contributed by atoms with E-state index in [0.29, 0.717) is 0 Å². The molecular weight excluding hydrogens is 380 g/mol. The Balaban J connectivity index is 1.53. The fourth-order valence-corrected chi connectivity index (χ4v) is 3.88. The zero-order chi connectivity index (χ0) is 20.1. The van der Waals surface area contributed by atoms with E-state index in [1.54, 1.807) is 24.4 Å². The molecule has 9 heteroatoms. The van der Waals surface area contributed by atoms with Gasteiger partial charge < -0.3 is 4.98 Å². The molecule has 0 unspecified atom stereocenters. The van der Waals surface area contributed by atoms with Gasteiger partial charge in [0.2, 0.25) is 15.9 Å². The Labute approximate surface area is 162 Å². The van der Waals surface area contributed by atoms with Crippen molar-refractivity contribution in [1.82, 2.24) is 20.1 Å². The third-order valence-electron chi connectivity index (χ3n) is 4.18. The summed E-state index contributed by atoms with van der Waals surface area (Å²) >= 11 is 0. The standard InChI is InChI=1S/C19H20N4O4S/c1-23(28(26,27)15-7-3-2-4-8-15)13-19(25)22-21-18(24)11-14-12-20-17-10-6-5-9-16(14)17/h2-10,12,20H,11,13H2,1H3,(H,21,24)(H,22,25). The summed E-state index contributed by atoms with van der Waals surface area (Å²) in [7, 11) is -2.48. The first-order valence-corrected chi connectivity index (χ1v) is 9.96. The first-order chi connectivity index (χ1) is 13.4. The van der Waals surface area contributed by atoms with E-state index in [0.717, 1.165) is 20.8 Å². The maximum Gasteiger partial charge on any atom is 0.253 e. The molecule has 0 aliphatic carbocycles. The molecule has 0 aliphatic heterocycles. The predicted molar refractivity (Wildman–Crippen MR) is 105 cm³/mol. The molecule has 3 aromatic rings. The molecule has 0 radical (unpaired) electrons. The number of aromatic amines is 1. The van der Waals surface area contributed by atoms with E-state index >= 15 is 0 Å². The van der Waals surface area contributed by atoms with Gasteiger partial charge in [0.05, 0.1) is 17.9 Å². The number of amides is 2. The summed E-state index contributed by atoms with van der Waals surface area (Å²) in [6, 6.07) is 15.4. The topological polar surface area (TPSA) is 111 Å². The lowest BCUT2D eigenvalue weighted by atomic mass is 10.1. The molecule has 8 nitrogen and oxygen atoms in total. The van der Waals surface area contributed by atoms with Crippen LogP contribution in [0.15, 0.2) is 65.7 Å². The van der Waals surface area contributed by atoms with Crippen LogP contribution in [0.2, 0.25) is 0 Å². The van der Waals surface area contributed by atoms with E-state index in [2.05, 4.69) is 15.8 Å². The van der Waals surface area contributed by atoms with Crippen molar-refractivity contribution in [2.24, 2.45) is 0 Å². The number of fused-ring (bicyclic) bond motifs is 1. The van der Waals surface area contributed by atoms with Crippen molar-refractivity contribution in [3.05, 3.63) is 66.4 Å². The molecule has 3 N–H and O–H groups in total. The number of sulfonamides is 1. The van der Waals surface area contributed by atoms with Crippen LogP contribution in [0.1, 0.15) is 5.56 Å². The van der Waals surface area contributed by atoms with Crippen molar-refractivity contribution >= 4 is 32.7 Å². The average molecular weight is 400 g/mol. The molecule has 0 aliphatic rings. The lowest BCUT2D eigenvalue weighted by Crippen LogP contribution is -2.47. The number of hydrogen-bond donors (Lipinski definition) is 3. The number of aromatic nitrogens is 1. The van der Waals surface area contributed by atoms with Crippen LogP contribution in [0.3, 0.4) is 0 Å². The molecule has 0 saturated carbocycles. The second-order valence-corrected chi connectivity index (χ2v) is 8.25. The van der Waals surface area contributed by atoms with E-state index in [-0.39, 0.29) is 11.3 Å². The summed E-state index contributed by atoms with van der Waals surface area (Å²) in [5.41, 5.74) is 6.27. The maximum absolute atomic E-state index is 12.4. The zero-order valence-electron chi connectivity index (χ0n) is 15.2. The fourth-order valence-electron chi connectivity index (χ4n) is 2.73. The van der Waals surface area contributed by atoms with Crippen LogP contribution in [0.25, 0.3) is 10.9 Å². The third-order valence-corrected chi connectivity index (χ3v) is 6.00. The van der Waals surface area contributed by atoms with Crippen molar-refractivity contribution in [3.8, 4) is 0 Å². The van der Waals surface area contributed by atoms with Gasteiger partial charge in [0, 0.05) is 24.1 Å². The Morgan fingerprint density at radius 2 is 1.61 bits per heavy atom. The number of carbonyl (C=O) groups excluding carboxylic acids is 2. The number of hydrazine groups is 1. The Kier molecular flexibility index (Phi) is 5.76. The second-order valence-electron chi connectivity index (χ2n) is 6.21. The molecule has 1 heterocycles. The van der Waals surface area contributed by atoms with Crippen LogP contribution in [-0.2, 0) is 26.0 Å². The number of hydrogen-bond acceptors (Lipinski definition) is 4. The number of carbonyl (C=O) groups is 2. The number of benzene rings is 2. The highest BCUT2D eigenvalue weighted by atomic mass is 32.2. The van der Waals surface area contributed by atoms with E-state index in [1.165, 1.54) is 19.2 Å². The van der Waals surface area contributed by atoms with Crippen LogP contribution in [0, 0.1) is 0 Å². The molecule has 28 heavy (non-hydrogen) atoms. The minimum Gasteiger partial charge on any atom is -0.361 e. The van der Waals surface area contributed by atoms with Crippen LogP contribution in [0.4, 0.5) is 0 Å². The molecule has 0 saturated heterocycles. The average Bonchev–Trinajstić information content (AvgIpc) is 3.10. The smallest absolute Gasteiger partial charge is 0.253 e. The molecular formula is C19H20N4O4S. The minimum atomic E-state index is -3.78. The van der Waals surface area contributed by atoms with E-state index in [9.17, 15) is 18.0 Å². The van der Waals surface area contributed by atoms with Crippen molar-refractivity contribution < 1.29 is 18.0 Å². The van der Waals surface area contributed by atoms with Gasteiger partial charge in [0.25, 0.3) is 5.91 Å². The lowest BCUT2D eigenvalue weighted by Gasteiger charge is -2.17. The van der Waals surface area contributed by atoms with E-state index in [4.69, 9.17) is 0 Å². The molecule has 0 atom stereocenters. The van der Waals surface area contributed by atoms with Gasteiger partial charge in [-0.05, 0) is 23.8 Å². The number of para-hydroxylation sites is 1. The monoisotopic (exact) mass is 400 g/mol. The Bertz CT molecular complexity index is 1090. The SMILES string of the molecule is CN(CC(=O)NNC(=O)Cc1c[nH]c2ccccc12)S(=O)(=O)c1ccccc1. The third kappa shape index (κ3) is 4.38. The summed E-state index contributed by atoms with van der Waals surface area (Å²) in [6.07, 6.45) is 1.81. The highest BCUT2D eigenvalue weighted by molar-refractivity contribution is 7.89. The van der Waals surface area contributed by atoms with E-state index < -0.39 is 28.4 Å². The number of H-pyrrole nitrogens is 1. The van der Waals surface area contributed by atoms with Gasteiger partial charge in [-0.2, -0.15) is 4.31 Å². The summed E-state index contributed by atoms with van der Waals surface area (Å²) in [6.45, 7) is -0.426. The highest BCUT2D eigenvalue weighted by Gasteiger charge is 2.22. The molecule has 0 fully saturated rings. The van der Waals surface area contributed by atoms with Gasteiger partial charge in [0.15, 0.2) is 0 Å².